The van der Waals surface area contributed by atoms with Gasteiger partial charge in [0.1, 0.15) is 0 Å². The smallest absolute Gasteiger partial charge is 0.155 e. The third kappa shape index (κ3) is 4.89. The van der Waals surface area contributed by atoms with Crippen molar-refractivity contribution < 1.29 is 4.79 Å². The van der Waals surface area contributed by atoms with Gasteiger partial charge in [-0.1, -0.05) is 38.0 Å². The van der Waals surface area contributed by atoms with E-state index < -0.39 is 0 Å². The Bertz CT molecular complexity index is 533. The van der Waals surface area contributed by atoms with E-state index in [9.17, 15) is 4.79 Å². The maximum Gasteiger partial charge on any atom is 0.155 e. The highest BCUT2D eigenvalue weighted by molar-refractivity contribution is 8.00. The second-order valence-corrected chi connectivity index (χ2v) is 7.18. The first-order chi connectivity index (χ1) is 10.1. The van der Waals surface area contributed by atoms with E-state index in [-0.39, 0.29) is 5.78 Å². The van der Waals surface area contributed by atoms with Gasteiger partial charge in [0.25, 0.3) is 0 Å². The minimum absolute atomic E-state index is 0.0978. The lowest BCUT2D eigenvalue weighted by molar-refractivity contribution is -0.113. The number of thioether (sulfide) groups is 1. The fourth-order valence-corrected chi connectivity index (χ4v) is 3.82. The number of hydrogen-bond donors (Lipinski definition) is 0. The lowest BCUT2D eigenvalue weighted by atomic mass is 10.0. The summed E-state index contributed by atoms with van der Waals surface area (Å²) in [4.78, 5) is 12.6. The SMILES string of the molecule is C=C(/C=C(\C)C(C)=O)c1ccc(SC2CCCCC2)cc1. The van der Waals surface area contributed by atoms with Crippen molar-refractivity contribution in [2.45, 2.75) is 56.1 Å². The summed E-state index contributed by atoms with van der Waals surface area (Å²) >= 11 is 2.00. The summed E-state index contributed by atoms with van der Waals surface area (Å²) in [5.41, 5.74) is 2.74. The van der Waals surface area contributed by atoms with Gasteiger partial charge >= 0.3 is 0 Å². The summed E-state index contributed by atoms with van der Waals surface area (Å²) in [6, 6.07) is 8.57. The fourth-order valence-electron chi connectivity index (χ4n) is 2.57. The topological polar surface area (TPSA) is 17.1 Å². The lowest BCUT2D eigenvalue weighted by Gasteiger charge is -2.20. The van der Waals surface area contributed by atoms with Gasteiger partial charge in [-0.2, -0.15) is 0 Å². The van der Waals surface area contributed by atoms with E-state index in [1.165, 1.54) is 37.0 Å². The standard InChI is InChI=1S/C19H24OS/c1-14(16(3)20)13-15(2)17-9-11-19(12-10-17)21-18-7-5-4-6-8-18/h9-13,18H,2,4-8H2,1,3H3/b14-13+. The molecule has 0 radical (unpaired) electrons. The first-order valence-corrected chi connectivity index (χ1v) is 8.59. The lowest BCUT2D eigenvalue weighted by Crippen LogP contribution is -2.07. The second kappa shape index (κ2) is 7.65. The summed E-state index contributed by atoms with van der Waals surface area (Å²) < 4.78 is 0. The summed E-state index contributed by atoms with van der Waals surface area (Å²) in [6.45, 7) is 7.48. The molecule has 0 aliphatic heterocycles. The highest BCUT2D eigenvalue weighted by Crippen LogP contribution is 2.34. The molecule has 21 heavy (non-hydrogen) atoms. The Labute approximate surface area is 132 Å². The molecule has 0 spiro atoms. The third-order valence-electron chi connectivity index (χ3n) is 4.03. The number of carbonyl (C=O) groups is 1. The molecule has 1 fully saturated rings. The molecule has 0 heterocycles. The van der Waals surface area contributed by atoms with Gasteiger partial charge in [0.05, 0.1) is 0 Å². The highest BCUT2D eigenvalue weighted by atomic mass is 32.2. The molecule has 0 amide bonds. The van der Waals surface area contributed by atoms with Crippen LogP contribution in [0, 0.1) is 0 Å². The minimum atomic E-state index is 0.0978. The normalized spacial score (nSPS) is 16.8. The Morgan fingerprint density at radius 3 is 2.33 bits per heavy atom. The van der Waals surface area contributed by atoms with Gasteiger partial charge in [0.2, 0.25) is 0 Å². The van der Waals surface area contributed by atoms with Gasteiger partial charge in [0.15, 0.2) is 5.78 Å². The Kier molecular flexibility index (Phi) is 5.86. The zero-order valence-corrected chi connectivity index (χ0v) is 13.8. The second-order valence-electron chi connectivity index (χ2n) is 5.81. The molecule has 2 rings (SSSR count). The molecule has 1 aromatic carbocycles. The van der Waals surface area contributed by atoms with Crippen LogP contribution >= 0.6 is 11.8 Å². The van der Waals surface area contributed by atoms with Crippen LogP contribution in [0.15, 0.2) is 47.4 Å². The van der Waals surface area contributed by atoms with Crippen molar-refractivity contribution in [3.63, 3.8) is 0 Å². The van der Waals surface area contributed by atoms with Crippen molar-refractivity contribution in [1.29, 1.82) is 0 Å². The Balaban J connectivity index is 1.99. The zero-order chi connectivity index (χ0) is 15.2. The largest absolute Gasteiger partial charge is 0.295 e. The molecule has 112 valence electrons. The number of Topliss-reactive ketones (excluding diaryl/α,β-unsaturated/α-hetero) is 1. The van der Waals surface area contributed by atoms with Crippen molar-refractivity contribution in [1.82, 2.24) is 0 Å². The predicted octanol–water partition coefficient (Wildman–Crippen LogP) is 5.66. The molecule has 0 bridgehead atoms. The van der Waals surface area contributed by atoms with Gasteiger partial charge in [-0.3, -0.25) is 4.79 Å². The third-order valence-corrected chi connectivity index (χ3v) is 5.38. The van der Waals surface area contributed by atoms with Crippen LogP contribution in [-0.4, -0.2) is 11.0 Å². The van der Waals surface area contributed by atoms with Crippen LogP contribution < -0.4 is 0 Å². The molecule has 0 unspecified atom stereocenters. The molecule has 1 aliphatic carbocycles. The number of benzene rings is 1. The average molecular weight is 300 g/mol. The van der Waals surface area contributed by atoms with Gasteiger partial charge in [0, 0.05) is 10.1 Å². The van der Waals surface area contributed by atoms with Gasteiger partial charge in [-0.15, -0.1) is 11.8 Å². The molecule has 1 aromatic rings. The predicted molar refractivity (Wildman–Crippen MR) is 92.6 cm³/mol. The van der Waals surface area contributed by atoms with Crippen molar-refractivity contribution in [2.24, 2.45) is 0 Å². The van der Waals surface area contributed by atoms with Crippen LogP contribution in [0.3, 0.4) is 0 Å². The number of allylic oxidation sites excluding steroid dienone is 3. The van der Waals surface area contributed by atoms with Crippen molar-refractivity contribution >= 4 is 23.1 Å². The maximum absolute atomic E-state index is 11.3. The molecular weight excluding hydrogens is 276 g/mol. The van der Waals surface area contributed by atoms with E-state index in [0.29, 0.717) is 0 Å². The number of rotatable bonds is 5. The molecule has 0 aromatic heterocycles. The maximum atomic E-state index is 11.3. The van der Waals surface area contributed by atoms with Crippen molar-refractivity contribution in [2.75, 3.05) is 0 Å². The van der Waals surface area contributed by atoms with Crippen LogP contribution in [0.5, 0.6) is 0 Å². The molecule has 1 nitrogen and oxygen atoms in total. The first kappa shape index (κ1) is 16.1. The quantitative estimate of drug-likeness (QED) is 0.515. The molecule has 2 heteroatoms. The number of hydrogen-bond acceptors (Lipinski definition) is 2. The summed E-state index contributed by atoms with van der Waals surface area (Å²) in [5.74, 6) is 0.0978. The molecule has 0 atom stereocenters. The van der Waals surface area contributed by atoms with Gasteiger partial charge < -0.3 is 0 Å². The van der Waals surface area contributed by atoms with E-state index in [4.69, 9.17) is 0 Å². The van der Waals surface area contributed by atoms with E-state index in [1.54, 1.807) is 6.92 Å². The van der Waals surface area contributed by atoms with Crippen LogP contribution in [0.4, 0.5) is 0 Å². The fraction of sp³-hybridized carbons (Fsp3) is 0.421. The van der Waals surface area contributed by atoms with Crippen LogP contribution in [-0.2, 0) is 4.79 Å². The Morgan fingerprint density at radius 1 is 1.14 bits per heavy atom. The Hall–Kier alpha value is -1.28. The van der Waals surface area contributed by atoms with Gasteiger partial charge in [-0.05, 0) is 61.6 Å². The monoisotopic (exact) mass is 300 g/mol. The first-order valence-electron chi connectivity index (χ1n) is 7.71. The molecule has 1 aliphatic rings. The summed E-state index contributed by atoms with van der Waals surface area (Å²) in [7, 11) is 0. The van der Waals surface area contributed by atoms with Crippen LogP contribution in [0.25, 0.3) is 5.57 Å². The van der Waals surface area contributed by atoms with E-state index in [1.807, 2.05) is 24.8 Å². The average Bonchev–Trinajstić information content (AvgIpc) is 2.48. The number of ketones is 1. The van der Waals surface area contributed by atoms with Crippen LogP contribution in [0.1, 0.15) is 51.5 Å². The molecule has 0 saturated heterocycles. The Morgan fingerprint density at radius 2 is 1.76 bits per heavy atom. The highest BCUT2D eigenvalue weighted by Gasteiger charge is 2.14. The zero-order valence-electron chi connectivity index (χ0n) is 13.0. The van der Waals surface area contributed by atoms with Gasteiger partial charge in [-0.25, -0.2) is 0 Å². The van der Waals surface area contributed by atoms with Crippen molar-refractivity contribution in [3.8, 4) is 0 Å². The summed E-state index contributed by atoms with van der Waals surface area (Å²) in [6.07, 6.45) is 8.71. The molecule has 1 saturated carbocycles. The minimum Gasteiger partial charge on any atom is -0.295 e. The number of carbonyl (C=O) groups excluding carboxylic acids is 1. The van der Waals surface area contributed by atoms with E-state index >= 15 is 0 Å². The molecule has 0 N–H and O–H groups in total. The van der Waals surface area contributed by atoms with Crippen molar-refractivity contribution in [3.05, 3.63) is 48.1 Å². The molecular formula is C19H24OS. The van der Waals surface area contributed by atoms with E-state index in [2.05, 4.69) is 30.8 Å². The van der Waals surface area contributed by atoms with Crippen LogP contribution in [0.2, 0.25) is 0 Å². The summed E-state index contributed by atoms with van der Waals surface area (Å²) in [5, 5.41) is 0.785. The van der Waals surface area contributed by atoms with E-state index in [0.717, 1.165) is 22.0 Å².